The highest BCUT2D eigenvalue weighted by Crippen LogP contribution is 2.22. The molecule has 3 aromatic rings. The van der Waals surface area contributed by atoms with Crippen molar-refractivity contribution in [3.8, 4) is 0 Å². The fourth-order valence-electron chi connectivity index (χ4n) is 3.22. The lowest BCUT2D eigenvalue weighted by molar-refractivity contribution is -0.125. The first kappa shape index (κ1) is 15.6. The van der Waals surface area contributed by atoms with Crippen molar-refractivity contribution in [1.82, 2.24) is 25.1 Å². The molecule has 1 unspecified atom stereocenters. The van der Waals surface area contributed by atoms with Crippen LogP contribution in [0.1, 0.15) is 23.9 Å². The molecule has 0 saturated carbocycles. The fourth-order valence-corrected chi connectivity index (χ4v) is 3.22. The lowest BCUT2D eigenvalue weighted by atomic mass is 10.1. The molecule has 1 atom stereocenters. The van der Waals surface area contributed by atoms with Crippen LogP contribution in [0.2, 0.25) is 0 Å². The molecule has 130 valence electrons. The number of hydrogen-bond donors (Lipinski definition) is 3. The number of hydrogen-bond acceptors (Lipinski definition) is 4. The number of ether oxygens (including phenoxy) is 1. The van der Waals surface area contributed by atoms with Gasteiger partial charge in [-0.25, -0.2) is 9.89 Å². The van der Waals surface area contributed by atoms with Gasteiger partial charge in [-0.2, -0.15) is 5.10 Å². The van der Waals surface area contributed by atoms with Gasteiger partial charge in [0.2, 0.25) is 5.91 Å². The number of aromatic nitrogens is 4. The molecule has 1 aliphatic heterocycles. The summed E-state index contributed by atoms with van der Waals surface area (Å²) in [6.45, 7) is 1.41. The zero-order chi connectivity index (χ0) is 17.2. The van der Waals surface area contributed by atoms with Crippen molar-refractivity contribution in [2.45, 2.75) is 25.5 Å². The maximum absolute atomic E-state index is 12.2. The SMILES string of the molecule is O=C(CC1OCCn2c1n[nH]c2=O)NCCc1c[nH]c2ccccc12. The lowest BCUT2D eigenvalue weighted by Crippen LogP contribution is -2.33. The number of amides is 1. The number of para-hydroxylation sites is 1. The van der Waals surface area contributed by atoms with E-state index >= 15 is 0 Å². The summed E-state index contributed by atoms with van der Waals surface area (Å²) >= 11 is 0. The Kier molecular flexibility index (Phi) is 4.10. The number of carbonyl (C=O) groups excluding carboxylic acids is 1. The third-order valence-electron chi connectivity index (χ3n) is 4.47. The average Bonchev–Trinajstić information content (AvgIpc) is 3.20. The second kappa shape index (κ2) is 6.56. The van der Waals surface area contributed by atoms with Crippen LogP contribution in [0.25, 0.3) is 10.9 Å². The van der Waals surface area contributed by atoms with Crippen LogP contribution in [0.4, 0.5) is 0 Å². The molecule has 0 spiro atoms. The second-order valence-electron chi connectivity index (χ2n) is 6.06. The van der Waals surface area contributed by atoms with Crippen LogP contribution in [0, 0.1) is 0 Å². The third-order valence-corrected chi connectivity index (χ3v) is 4.47. The summed E-state index contributed by atoms with van der Waals surface area (Å²) in [6, 6.07) is 8.09. The van der Waals surface area contributed by atoms with Crippen LogP contribution in [-0.2, 0) is 22.5 Å². The van der Waals surface area contributed by atoms with E-state index in [1.165, 1.54) is 15.5 Å². The topological polar surface area (TPSA) is 105 Å². The van der Waals surface area contributed by atoms with E-state index < -0.39 is 6.10 Å². The van der Waals surface area contributed by atoms with Crippen molar-refractivity contribution in [3.63, 3.8) is 0 Å². The monoisotopic (exact) mass is 341 g/mol. The van der Waals surface area contributed by atoms with Gasteiger partial charge in [0.25, 0.3) is 0 Å². The van der Waals surface area contributed by atoms with Crippen molar-refractivity contribution in [2.75, 3.05) is 13.2 Å². The predicted molar refractivity (Wildman–Crippen MR) is 91.2 cm³/mol. The van der Waals surface area contributed by atoms with Crippen LogP contribution in [-0.4, -0.2) is 38.8 Å². The minimum atomic E-state index is -0.485. The van der Waals surface area contributed by atoms with Gasteiger partial charge >= 0.3 is 5.69 Å². The molecular weight excluding hydrogens is 322 g/mol. The van der Waals surface area contributed by atoms with Crippen LogP contribution in [0.15, 0.2) is 35.3 Å². The average molecular weight is 341 g/mol. The quantitative estimate of drug-likeness (QED) is 0.640. The highest BCUT2D eigenvalue weighted by molar-refractivity contribution is 5.83. The Morgan fingerprint density at radius 3 is 3.20 bits per heavy atom. The molecule has 8 nitrogen and oxygen atoms in total. The molecule has 0 radical (unpaired) electrons. The van der Waals surface area contributed by atoms with Gasteiger partial charge in [-0.3, -0.25) is 9.36 Å². The van der Waals surface area contributed by atoms with Gasteiger partial charge in [-0.15, -0.1) is 0 Å². The summed E-state index contributed by atoms with van der Waals surface area (Å²) in [5.74, 6) is 0.372. The molecule has 0 bridgehead atoms. The number of nitrogens with zero attached hydrogens (tertiary/aromatic N) is 2. The van der Waals surface area contributed by atoms with Crippen molar-refractivity contribution in [1.29, 1.82) is 0 Å². The highest BCUT2D eigenvalue weighted by atomic mass is 16.5. The number of aromatic amines is 2. The predicted octanol–water partition coefficient (Wildman–Crippen LogP) is 0.873. The molecule has 4 rings (SSSR count). The maximum atomic E-state index is 12.2. The Bertz CT molecular complexity index is 955. The summed E-state index contributed by atoms with van der Waals surface area (Å²) in [4.78, 5) is 27.0. The molecule has 0 aliphatic carbocycles. The number of benzene rings is 1. The minimum Gasteiger partial charge on any atom is -0.368 e. The number of rotatable bonds is 5. The van der Waals surface area contributed by atoms with Gasteiger partial charge in [0.15, 0.2) is 5.82 Å². The third kappa shape index (κ3) is 3.08. The van der Waals surface area contributed by atoms with Gasteiger partial charge in [0, 0.05) is 23.6 Å². The number of nitrogens with one attached hydrogen (secondary N) is 3. The molecule has 0 saturated heterocycles. The van der Waals surface area contributed by atoms with Crippen molar-refractivity contribution >= 4 is 16.8 Å². The van der Waals surface area contributed by atoms with E-state index in [1.807, 2.05) is 24.4 Å². The molecule has 3 heterocycles. The van der Waals surface area contributed by atoms with Crippen molar-refractivity contribution in [2.24, 2.45) is 0 Å². The van der Waals surface area contributed by atoms with Gasteiger partial charge in [0.1, 0.15) is 6.10 Å². The van der Waals surface area contributed by atoms with E-state index in [0.717, 1.165) is 11.9 Å². The van der Waals surface area contributed by atoms with Crippen molar-refractivity contribution in [3.05, 3.63) is 52.3 Å². The van der Waals surface area contributed by atoms with Crippen LogP contribution in [0.3, 0.4) is 0 Å². The Morgan fingerprint density at radius 2 is 2.28 bits per heavy atom. The summed E-state index contributed by atoms with van der Waals surface area (Å²) in [6.07, 6.45) is 2.39. The van der Waals surface area contributed by atoms with E-state index in [0.29, 0.717) is 25.5 Å². The van der Waals surface area contributed by atoms with E-state index in [1.54, 1.807) is 0 Å². The van der Waals surface area contributed by atoms with Gasteiger partial charge < -0.3 is 15.0 Å². The summed E-state index contributed by atoms with van der Waals surface area (Å²) in [5, 5.41) is 10.5. The lowest BCUT2D eigenvalue weighted by Gasteiger charge is -2.22. The van der Waals surface area contributed by atoms with Gasteiger partial charge in [-0.05, 0) is 18.1 Å². The molecule has 3 N–H and O–H groups in total. The Balaban J connectivity index is 1.33. The normalized spacial score (nSPS) is 16.7. The van der Waals surface area contributed by atoms with Crippen LogP contribution in [0.5, 0.6) is 0 Å². The smallest absolute Gasteiger partial charge is 0.343 e. The maximum Gasteiger partial charge on any atom is 0.343 e. The number of fused-ring (bicyclic) bond motifs is 2. The van der Waals surface area contributed by atoms with E-state index in [9.17, 15) is 9.59 Å². The first-order chi connectivity index (χ1) is 12.2. The molecule has 2 aromatic heterocycles. The molecule has 1 amide bonds. The van der Waals surface area contributed by atoms with E-state index in [2.05, 4.69) is 26.6 Å². The van der Waals surface area contributed by atoms with Gasteiger partial charge in [-0.1, -0.05) is 18.2 Å². The molecule has 25 heavy (non-hydrogen) atoms. The fraction of sp³-hybridized carbons (Fsp3) is 0.353. The highest BCUT2D eigenvalue weighted by Gasteiger charge is 2.26. The Morgan fingerprint density at radius 1 is 1.40 bits per heavy atom. The number of H-pyrrole nitrogens is 2. The molecular formula is C17H19N5O3. The first-order valence-electron chi connectivity index (χ1n) is 8.31. The largest absolute Gasteiger partial charge is 0.368 e. The molecule has 1 aromatic carbocycles. The standard InChI is InChI=1S/C17H19N5O3/c23-15(9-14-16-20-21-17(24)22(16)7-8-25-14)18-6-5-11-10-19-13-4-2-1-3-12(11)13/h1-4,10,14,19H,5-9H2,(H,18,23)(H,21,24). The zero-order valence-electron chi connectivity index (χ0n) is 13.6. The molecule has 8 heteroatoms. The van der Waals surface area contributed by atoms with Gasteiger partial charge in [0.05, 0.1) is 19.6 Å². The van der Waals surface area contributed by atoms with Crippen LogP contribution >= 0.6 is 0 Å². The Hall–Kier alpha value is -2.87. The Labute approximate surface area is 143 Å². The number of carbonyl (C=O) groups is 1. The second-order valence-corrected chi connectivity index (χ2v) is 6.06. The summed E-state index contributed by atoms with van der Waals surface area (Å²) in [7, 11) is 0. The van der Waals surface area contributed by atoms with Crippen molar-refractivity contribution < 1.29 is 9.53 Å². The first-order valence-corrected chi connectivity index (χ1v) is 8.31. The van der Waals surface area contributed by atoms with E-state index in [-0.39, 0.29) is 18.0 Å². The van der Waals surface area contributed by atoms with E-state index in [4.69, 9.17) is 4.74 Å². The molecule has 1 aliphatic rings. The van der Waals surface area contributed by atoms with Crippen LogP contribution < -0.4 is 11.0 Å². The summed E-state index contributed by atoms with van der Waals surface area (Å²) in [5.41, 5.74) is 2.00. The minimum absolute atomic E-state index is 0.117. The molecule has 0 fully saturated rings. The zero-order valence-corrected chi connectivity index (χ0v) is 13.6. The summed E-state index contributed by atoms with van der Waals surface area (Å²) < 4.78 is 7.11.